The number of benzene rings is 6. The maximum Gasteiger partial charge on any atom is 0.0726 e. The molecule has 0 saturated carbocycles. The number of hydrogen-bond acceptors (Lipinski definition) is 2. The molecule has 9 aromatic rings. The summed E-state index contributed by atoms with van der Waals surface area (Å²) < 4.78 is 5.15. The summed E-state index contributed by atoms with van der Waals surface area (Å²) in [5.74, 6) is 0.596. The van der Waals surface area contributed by atoms with Crippen molar-refractivity contribution >= 4 is 64.1 Å². The molecule has 49 heavy (non-hydrogen) atoms. The van der Waals surface area contributed by atoms with Gasteiger partial charge in [-0.25, -0.2) is 0 Å². The lowest BCUT2D eigenvalue weighted by Crippen LogP contribution is -2.10. The average Bonchev–Trinajstić information content (AvgIpc) is 3.72. The van der Waals surface area contributed by atoms with Crippen LogP contribution in [-0.4, -0.2) is 9.55 Å². The van der Waals surface area contributed by atoms with Crippen molar-refractivity contribution in [1.82, 2.24) is 9.55 Å². The number of nitrogens with zero attached hydrogens (tertiary/aromatic N) is 2. The molecule has 0 radical (unpaired) electrons. The summed E-state index contributed by atoms with van der Waals surface area (Å²) in [6.07, 6.45) is 8.89. The van der Waals surface area contributed by atoms with E-state index < -0.39 is 0 Å². The third-order valence-corrected chi connectivity index (χ3v) is 11.4. The summed E-state index contributed by atoms with van der Waals surface area (Å²) >= 11 is 1.91. The SMILES string of the molecule is CC1C=CC=CC1c1cc(-c2ccc3c(c2)c2c4ccccc4c4c5ccccc5sc4c2n3-c2ccccc2)cc(-c2ccccc2)n1. The molecule has 0 amide bonds. The third kappa shape index (κ3) is 4.43. The van der Waals surface area contributed by atoms with Crippen molar-refractivity contribution in [3.05, 3.63) is 170 Å². The minimum atomic E-state index is 0.223. The Bertz CT molecular complexity index is 2780. The topological polar surface area (TPSA) is 17.8 Å². The summed E-state index contributed by atoms with van der Waals surface area (Å²) in [5.41, 5.74) is 9.30. The lowest BCUT2D eigenvalue weighted by Gasteiger charge is -2.21. The maximum absolute atomic E-state index is 5.27. The lowest BCUT2D eigenvalue weighted by molar-refractivity contribution is 0.621. The molecule has 0 bridgehead atoms. The monoisotopic (exact) mass is 644 g/mol. The second-order valence-corrected chi connectivity index (χ2v) is 14.2. The second kappa shape index (κ2) is 11.2. The summed E-state index contributed by atoms with van der Waals surface area (Å²) in [5, 5.41) is 7.84. The largest absolute Gasteiger partial charge is 0.308 e. The van der Waals surface area contributed by atoms with E-state index in [0.29, 0.717) is 5.92 Å². The lowest BCUT2D eigenvalue weighted by atomic mass is 9.86. The van der Waals surface area contributed by atoms with E-state index >= 15 is 0 Å². The van der Waals surface area contributed by atoms with Crippen LogP contribution in [0.2, 0.25) is 0 Å². The Morgan fingerprint density at radius 2 is 1.27 bits per heavy atom. The Hall–Kier alpha value is -5.77. The Kier molecular flexibility index (Phi) is 6.43. The molecule has 232 valence electrons. The van der Waals surface area contributed by atoms with E-state index in [0.717, 1.165) is 17.0 Å². The van der Waals surface area contributed by atoms with E-state index in [1.165, 1.54) is 69.6 Å². The molecular formula is C46H32N2S. The molecular weight excluding hydrogens is 613 g/mol. The molecule has 1 aliphatic rings. The fourth-order valence-corrected chi connectivity index (χ4v) is 9.19. The number of aromatic nitrogens is 2. The molecule has 0 N–H and O–H groups in total. The van der Waals surface area contributed by atoms with Gasteiger partial charge in [-0.3, -0.25) is 4.98 Å². The van der Waals surface area contributed by atoms with Gasteiger partial charge in [0, 0.05) is 49.1 Å². The Balaban J connectivity index is 1.31. The van der Waals surface area contributed by atoms with E-state index in [2.05, 4.69) is 175 Å². The number of hydrogen-bond donors (Lipinski definition) is 0. The van der Waals surface area contributed by atoms with Crippen LogP contribution in [0.3, 0.4) is 0 Å². The van der Waals surface area contributed by atoms with Crippen LogP contribution >= 0.6 is 11.3 Å². The van der Waals surface area contributed by atoms with Crippen LogP contribution < -0.4 is 0 Å². The first-order valence-electron chi connectivity index (χ1n) is 17.0. The number of thiophene rings is 1. The van der Waals surface area contributed by atoms with Crippen LogP contribution in [0.4, 0.5) is 0 Å². The normalized spacial score (nSPS) is 16.1. The summed E-state index contributed by atoms with van der Waals surface area (Å²) in [6, 6.07) is 50.9. The zero-order valence-electron chi connectivity index (χ0n) is 27.0. The molecule has 0 saturated heterocycles. The van der Waals surface area contributed by atoms with Crippen molar-refractivity contribution in [2.45, 2.75) is 12.8 Å². The number of rotatable bonds is 4. The van der Waals surface area contributed by atoms with Crippen molar-refractivity contribution in [3.8, 4) is 28.1 Å². The fourth-order valence-electron chi connectivity index (χ4n) is 7.93. The molecule has 0 spiro atoms. The van der Waals surface area contributed by atoms with E-state index in [4.69, 9.17) is 4.98 Å². The van der Waals surface area contributed by atoms with Gasteiger partial charge >= 0.3 is 0 Å². The van der Waals surface area contributed by atoms with Crippen LogP contribution in [0.5, 0.6) is 0 Å². The number of para-hydroxylation sites is 1. The van der Waals surface area contributed by atoms with E-state index in [9.17, 15) is 0 Å². The third-order valence-electron chi connectivity index (χ3n) is 10.3. The van der Waals surface area contributed by atoms with Gasteiger partial charge in [0.25, 0.3) is 0 Å². The highest BCUT2D eigenvalue weighted by Gasteiger charge is 2.23. The van der Waals surface area contributed by atoms with Crippen molar-refractivity contribution in [3.63, 3.8) is 0 Å². The smallest absolute Gasteiger partial charge is 0.0726 e. The van der Waals surface area contributed by atoms with Crippen molar-refractivity contribution in [2.24, 2.45) is 5.92 Å². The number of fused-ring (bicyclic) bond motifs is 10. The molecule has 1 aliphatic carbocycles. The molecule has 2 atom stereocenters. The Labute approximate surface area is 288 Å². The minimum Gasteiger partial charge on any atom is -0.308 e. The fraction of sp³-hybridized carbons (Fsp3) is 0.0652. The van der Waals surface area contributed by atoms with E-state index in [-0.39, 0.29) is 5.92 Å². The predicted octanol–water partition coefficient (Wildman–Crippen LogP) is 12.9. The summed E-state index contributed by atoms with van der Waals surface area (Å²) in [7, 11) is 0. The first-order valence-corrected chi connectivity index (χ1v) is 17.8. The van der Waals surface area contributed by atoms with Crippen molar-refractivity contribution < 1.29 is 0 Å². The van der Waals surface area contributed by atoms with Gasteiger partial charge in [0.15, 0.2) is 0 Å². The molecule has 2 unspecified atom stereocenters. The molecule has 3 aromatic heterocycles. The zero-order chi connectivity index (χ0) is 32.5. The predicted molar refractivity (Wildman–Crippen MR) is 210 cm³/mol. The van der Waals surface area contributed by atoms with Gasteiger partial charge in [-0.05, 0) is 70.3 Å². The zero-order valence-corrected chi connectivity index (χ0v) is 27.9. The Morgan fingerprint density at radius 1 is 0.571 bits per heavy atom. The molecule has 10 rings (SSSR count). The quantitative estimate of drug-likeness (QED) is 0.186. The van der Waals surface area contributed by atoms with Gasteiger partial charge in [0.05, 0.1) is 21.4 Å². The standard InChI is InChI=1S/C46H32N2S/c1-29-14-8-9-19-34(29)40-28-32(27-39(47-40)30-15-4-2-5-16-30)31-24-25-41-38(26-31)43-35-20-10-11-21-36(35)44-37-22-12-13-23-42(37)49-46(44)45(43)48(41)33-17-6-3-7-18-33/h2-29,34H,1H3. The molecule has 0 fully saturated rings. The van der Waals surface area contributed by atoms with Gasteiger partial charge in [-0.2, -0.15) is 0 Å². The van der Waals surface area contributed by atoms with Gasteiger partial charge in [0.1, 0.15) is 0 Å². The Morgan fingerprint density at radius 3 is 2.06 bits per heavy atom. The molecule has 6 aromatic carbocycles. The highest BCUT2D eigenvalue weighted by atomic mass is 32.1. The number of pyridine rings is 1. The highest BCUT2D eigenvalue weighted by molar-refractivity contribution is 7.27. The van der Waals surface area contributed by atoms with Gasteiger partial charge in [0.2, 0.25) is 0 Å². The van der Waals surface area contributed by atoms with E-state index in [1.807, 2.05) is 11.3 Å². The summed E-state index contributed by atoms with van der Waals surface area (Å²) in [4.78, 5) is 5.27. The van der Waals surface area contributed by atoms with Gasteiger partial charge < -0.3 is 4.57 Å². The van der Waals surface area contributed by atoms with Crippen molar-refractivity contribution in [1.29, 1.82) is 0 Å². The molecule has 0 aliphatic heterocycles. The van der Waals surface area contributed by atoms with Crippen LogP contribution in [0, 0.1) is 5.92 Å². The van der Waals surface area contributed by atoms with Gasteiger partial charge in [-0.15, -0.1) is 11.3 Å². The van der Waals surface area contributed by atoms with Crippen molar-refractivity contribution in [2.75, 3.05) is 0 Å². The van der Waals surface area contributed by atoms with Crippen LogP contribution in [-0.2, 0) is 0 Å². The van der Waals surface area contributed by atoms with Crippen LogP contribution in [0.1, 0.15) is 18.5 Å². The minimum absolute atomic E-state index is 0.223. The molecule has 3 heterocycles. The maximum atomic E-state index is 5.27. The summed E-state index contributed by atoms with van der Waals surface area (Å²) in [6.45, 7) is 2.28. The highest BCUT2D eigenvalue weighted by Crippen LogP contribution is 2.48. The first kappa shape index (κ1) is 28.3. The number of allylic oxidation sites excluding steroid dienone is 4. The second-order valence-electron chi connectivity index (χ2n) is 13.2. The molecule has 3 heteroatoms. The average molecular weight is 645 g/mol. The first-order chi connectivity index (χ1) is 24.2. The van der Waals surface area contributed by atoms with Crippen LogP contribution in [0.25, 0.3) is 80.8 Å². The molecule has 2 nitrogen and oxygen atoms in total. The van der Waals surface area contributed by atoms with Gasteiger partial charge in [-0.1, -0.05) is 128 Å². The van der Waals surface area contributed by atoms with Crippen LogP contribution in [0.15, 0.2) is 164 Å². The van der Waals surface area contributed by atoms with E-state index in [1.54, 1.807) is 0 Å².